The third-order valence-electron chi connectivity index (χ3n) is 1.66. The molecule has 86 valence electrons. The molecule has 15 heavy (non-hydrogen) atoms. The Balaban J connectivity index is 4.36. The summed E-state index contributed by atoms with van der Waals surface area (Å²) in [6.07, 6.45) is 0.561. The fourth-order valence-electron chi connectivity index (χ4n) is 0.776. The minimum atomic E-state index is -1.49. The molecule has 0 aliphatic carbocycles. The lowest BCUT2D eigenvalue weighted by Crippen LogP contribution is -2.55. The molecule has 0 aromatic rings. The Morgan fingerprint density at radius 2 is 2.20 bits per heavy atom. The summed E-state index contributed by atoms with van der Waals surface area (Å²) in [6.45, 7) is 4.12. The Kier molecular flexibility index (Phi) is 5.40. The second kappa shape index (κ2) is 6.02. The predicted octanol–water partition coefficient (Wildman–Crippen LogP) is -0.177. The van der Waals surface area contributed by atoms with E-state index in [0.717, 1.165) is 7.11 Å². The highest BCUT2D eigenvalue weighted by atomic mass is 16.6. The van der Waals surface area contributed by atoms with Gasteiger partial charge < -0.3 is 19.9 Å². The lowest BCUT2D eigenvalue weighted by Gasteiger charge is -2.24. The van der Waals surface area contributed by atoms with Gasteiger partial charge in [-0.3, -0.25) is 0 Å². The van der Waals surface area contributed by atoms with Crippen molar-refractivity contribution in [3.05, 3.63) is 12.7 Å². The van der Waals surface area contributed by atoms with Crippen LogP contribution in [-0.2, 0) is 14.3 Å². The summed E-state index contributed by atoms with van der Waals surface area (Å²) in [4.78, 5) is 22.3. The molecule has 1 amide bonds. The molecule has 0 rings (SSSR count). The van der Waals surface area contributed by atoms with E-state index in [1.807, 2.05) is 0 Å². The second-order valence-corrected chi connectivity index (χ2v) is 2.99. The van der Waals surface area contributed by atoms with Gasteiger partial charge in [0, 0.05) is 0 Å². The number of aliphatic hydroxyl groups excluding tert-OH is 1. The molecule has 1 atom stereocenters. The number of carbonyl (C=O) groups is 2. The molecule has 0 saturated carbocycles. The third-order valence-corrected chi connectivity index (χ3v) is 1.66. The zero-order valence-corrected chi connectivity index (χ0v) is 8.78. The minimum absolute atomic E-state index is 0.0223. The van der Waals surface area contributed by atoms with Crippen molar-refractivity contribution in [1.82, 2.24) is 5.32 Å². The number of hydrogen-bond donors (Lipinski definition) is 2. The van der Waals surface area contributed by atoms with Crippen LogP contribution in [0.15, 0.2) is 12.7 Å². The molecular formula is C9H15NO5. The van der Waals surface area contributed by atoms with E-state index in [1.165, 1.54) is 13.0 Å². The lowest BCUT2D eigenvalue weighted by molar-refractivity contribution is -0.149. The average Bonchev–Trinajstić information content (AvgIpc) is 2.24. The fourth-order valence-corrected chi connectivity index (χ4v) is 0.776. The molecule has 0 unspecified atom stereocenters. The van der Waals surface area contributed by atoms with Gasteiger partial charge in [-0.05, 0) is 6.92 Å². The van der Waals surface area contributed by atoms with Crippen LogP contribution in [0.4, 0.5) is 4.79 Å². The van der Waals surface area contributed by atoms with Crippen molar-refractivity contribution in [3.63, 3.8) is 0 Å². The SMILES string of the molecule is C=CCOC(=O)N[C@@](C)(CO)C(=O)OC. The van der Waals surface area contributed by atoms with Crippen LogP contribution in [0, 0.1) is 0 Å². The van der Waals surface area contributed by atoms with Crippen LogP contribution in [0.3, 0.4) is 0 Å². The van der Waals surface area contributed by atoms with Gasteiger partial charge in [-0.15, -0.1) is 0 Å². The number of rotatable bonds is 5. The molecule has 0 aliphatic heterocycles. The number of hydrogen-bond acceptors (Lipinski definition) is 5. The first kappa shape index (κ1) is 13.4. The van der Waals surface area contributed by atoms with Crippen LogP contribution in [0.5, 0.6) is 0 Å². The Labute approximate surface area is 87.9 Å². The molecule has 0 radical (unpaired) electrons. The largest absolute Gasteiger partial charge is 0.467 e. The second-order valence-electron chi connectivity index (χ2n) is 2.99. The van der Waals surface area contributed by atoms with Crippen LogP contribution >= 0.6 is 0 Å². The number of amides is 1. The minimum Gasteiger partial charge on any atom is -0.467 e. The first-order chi connectivity index (χ1) is 7.00. The normalized spacial score (nSPS) is 13.5. The topological polar surface area (TPSA) is 84.9 Å². The van der Waals surface area contributed by atoms with E-state index in [2.05, 4.69) is 21.4 Å². The Morgan fingerprint density at radius 3 is 2.60 bits per heavy atom. The molecule has 0 fully saturated rings. The highest BCUT2D eigenvalue weighted by molar-refractivity contribution is 5.85. The Hall–Kier alpha value is -1.56. The first-order valence-electron chi connectivity index (χ1n) is 4.25. The van der Waals surface area contributed by atoms with Crippen molar-refractivity contribution in [2.24, 2.45) is 0 Å². The molecule has 0 aromatic heterocycles. The summed E-state index contributed by atoms with van der Waals surface area (Å²) in [5.74, 6) is -0.749. The molecule has 6 nitrogen and oxygen atoms in total. The highest BCUT2D eigenvalue weighted by Crippen LogP contribution is 2.05. The molecule has 0 aromatic carbocycles. The zero-order valence-electron chi connectivity index (χ0n) is 8.78. The quantitative estimate of drug-likeness (QED) is 0.493. The number of nitrogens with one attached hydrogen (secondary N) is 1. The van der Waals surface area contributed by atoms with Gasteiger partial charge >= 0.3 is 12.1 Å². The van der Waals surface area contributed by atoms with Crippen LogP contribution in [0.2, 0.25) is 0 Å². The number of ether oxygens (including phenoxy) is 2. The van der Waals surface area contributed by atoms with E-state index in [-0.39, 0.29) is 6.61 Å². The summed E-state index contributed by atoms with van der Waals surface area (Å²) in [6, 6.07) is 0. The van der Waals surface area contributed by atoms with Crippen molar-refractivity contribution in [3.8, 4) is 0 Å². The van der Waals surface area contributed by atoms with Crippen LogP contribution < -0.4 is 5.32 Å². The number of methoxy groups -OCH3 is 1. The summed E-state index contributed by atoms with van der Waals surface area (Å²) < 4.78 is 9.02. The van der Waals surface area contributed by atoms with Crippen molar-refractivity contribution in [1.29, 1.82) is 0 Å². The molecule has 6 heteroatoms. The molecule has 0 bridgehead atoms. The highest BCUT2D eigenvalue weighted by Gasteiger charge is 2.36. The van der Waals surface area contributed by atoms with E-state index >= 15 is 0 Å². The summed E-state index contributed by atoms with van der Waals surface area (Å²) in [7, 11) is 1.16. The maximum atomic E-state index is 11.2. The van der Waals surface area contributed by atoms with E-state index in [4.69, 9.17) is 5.11 Å². The lowest BCUT2D eigenvalue weighted by atomic mass is 10.1. The van der Waals surface area contributed by atoms with Gasteiger partial charge in [0.05, 0.1) is 13.7 Å². The molecule has 0 heterocycles. The van der Waals surface area contributed by atoms with Gasteiger partial charge in [-0.25, -0.2) is 9.59 Å². The van der Waals surface area contributed by atoms with Crippen molar-refractivity contribution >= 4 is 12.1 Å². The number of carbonyl (C=O) groups excluding carboxylic acids is 2. The van der Waals surface area contributed by atoms with Crippen molar-refractivity contribution < 1.29 is 24.2 Å². The van der Waals surface area contributed by atoms with Gasteiger partial charge in [-0.1, -0.05) is 12.7 Å². The van der Waals surface area contributed by atoms with E-state index in [9.17, 15) is 9.59 Å². The van der Waals surface area contributed by atoms with E-state index in [1.54, 1.807) is 0 Å². The maximum Gasteiger partial charge on any atom is 0.408 e. The van der Waals surface area contributed by atoms with Gasteiger partial charge in [0.1, 0.15) is 6.61 Å². The van der Waals surface area contributed by atoms with E-state index in [0.29, 0.717) is 0 Å². The third kappa shape index (κ3) is 3.99. The average molecular weight is 217 g/mol. The number of alkyl carbamates (subject to hydrolysis) is 1. The van der Waals surface area contributed by atoms with Crippen LogP contribution in [0.1, 0.15) is 6.92 Å². The van der Waals surface area contributed by atoms with Crippen molar-refractivity contribution in [2.75, 3.05) is 20.3 Å². The summed E-state index contributed by atoms with van der Waals surface area (Å²) >= 11 is 0. The number of aliphatic hydroxyl groups is 1. The Bertz CT molecular complexity index is 253. The number of esters is 1. The van der Waals surface area contributed by atoms with Gasteiger partial charge in [0.15, 0.2) is 5.54 Å². The first-order valence-corrected chi connectivity index (χ1v) is 4.25. The van der Waals surface area contributed by atoms with Gasteiger partial charge in [0.2, 0.25) is 0 Å². The molecular weight excluding hydrogens is 202 g/mol. The van der Waals surface area contributed by atoms with Crippen LogP contribution in [0.25, 0.3) is 0 Å². The molecule has 0 saturated heterocycles. The van der Waals surface area contributed by atoms with Crippen LogP contribution in [-0.4, -0.2) is 43.0 Å². The summed E-state index contributed by atoms with van der Waals surface area (Å²) in [5, 5.41) is 11.2. The standard InChI is InChI=1S/C9H15NO5/c1-4-5-15-8(13)10-9(2,6-11)7(12)14-3/h4,11H,1,5-6H2,2-3H3,(H,10,13)/t9-/m0/s1. The zero-order chi connectivity index (χ0) is 11.9. The van der Waals surface area contributed by atoms with E-state index < -0.39 is 24.2 Å². The van der Waals surface area contributed by atoms with Gasteiger partial charge in [0.25, 0.3) is 0 Å². The summed E-state index contributed by atoms with van der Waals surface area (Å²) in [5.41, 5.74) is -1.49. The Morgan fingerprint density at radius 1 is 1.60 bits per heavy atom. The monoisotopic (exact) mass is 217 g/mol. The molecule has 0 aliphatic rings. The molecule has 2 N–H and O–H groups in total. The van der Waals surface area contributed by atoms with Gasteiger partial charge in [-0.2, -0.15) is 0 Å². The maximum absolute atomic E-state index is 11.2. The molecule has 0 spiro atoms. The fraction of sp³-hybridized carbons (Fsp3) is 0.556. The predicted molar refractivity (Wildman–Crippen MR) is 52.2 cm³/mol. The smallest absolute Gasteiger partial charge is 0.408 e. The van der Waals surface area contributed by atoms with Crippen molar-refractivity contribution in [2.45, 2.75) is 12.5 Å².